The van der Waals surface area contributed by atoms with Gasteiger partial charge in [-0.2, -0.15) is 0 Å². The first-order valence-corrected chi connectivity index (χ1v) is 6.29. The molecule has 18 heavy (non-hydrogen) atoms. The number of carboxylic acids is 1. The summed E-state index contributed by atoms with van der Waals surface area (Å²) in [6, 6.07) is 0. The van der Waals surface area contributed by atoms with Gasteiger partial charge >= 0.3 is 5.97 Å². The third kappa shape index (κ3) is 4.87. The van der Waals surface area contributed by atoms with Crippen LogP contribution < -0.4 is 5.32 Å². The van der Waals surface area contributed by atoms with E-state index in [9.17, 15) is 9.59 Å². The Morgan fingerprint density at radius 3 is 2.67 bits per heavy atom. The fourth-order valence-corrected chi connectivity index (χ4v) is 2.10. The molecule has 1 amide bonds. The normalized spacial score (nSPS) is 16.7. The molecular formula is C13H21NO4. The number of carboxylic acid groups (broad SMARTS) is 1. The monoisotopic (exact) mass is 255 g/mol. The van der Waals surface area contributed by atoms with E-state index in [4.69, 9.17) is 9.84 Å². The zero-order chi connectivity index (χ0) is 13.4. The van der Waals surface area contributed by atoms with E-state index in [1.165, 1.54) is 0 Å². The predicted molar refractivity (Wildman–Crippen MR) is 67.2 cm³/mol. The number of amides is 1. The van der Waals surface area contributed by atoms with E-state index in [0.29, 0.717) is 26.1 Å². The van der Waals surface area contributed by atoms with E-state index < -0.39 is 11.5 Å². The fourth-order valence-electron chi connectivity index (χ4n) is 2.10. The Kier molecular flexibility index (Phi) is 5.85. The maximum Gasteiger partial charge on any atom is 0.305 e. The van der Waals surface area contributed by atoms with Gasteiger partial charge in [0.05, 0.1) is 18.6 Å². The van der Waals surface area contributed by atoms with Gasteiger partial charge in [0.2, 0.25) is 5.91 Å². The summed E-state index contributed by atoms with van der Waals surface area (Å²) >= 11 is 0. The largest absolute Gasteiger partial charge is 0.481 e. The number of rotatable bonds is 9. The lowest BCUT2D eigenvalue weighted by Crippen LogP contribution is -2.54. The average Bonchev–Trinajstić information content (AvgIpc) is 2.25. The summed E-state index contributed by atoms with van der Waals surface area (Å²) in [6.07, 6.45) is 5.20. The smallest absolute Gasteiger partial charge is 0.305 e. The fraction of sp³-hybridized carbons (Fsp3) is 0.692. The summed E-state index contributed by atoms with van der Waals surface area (Å²) in [7, 11) is 0. The second kappa shape index (κ2) is 7.16. The first-order chi connectivity index (χ1) is 8.58. The second-order valence-electron chi connectivity index (χ2n) is 4.72. The SMILES string of the molecule is C=CCOCCCC(=O)NC1(CC(=O)O)CCC1. The highest BCUT2D eigenvalue weighted by Gasteiger charge is 2.40. The van der Waals surface area contributed by atoms with Crippen molar-refractivity contribution in [1.29, 1.82) is 0 Å². The Labute approximate surface area is 107 Å². The van der Waals surface area contributed by atoms with Crippen molar-refractivity contribution in [3.05, 3.63) is 12.7 Å². The molecule has 102 valence electrons. The van der Waals surface area contributed by atoms with Crippen molar-refractivity contribution >= 4 is 11.9 Å². The molecule has 1 rings (SSSR count). The number of nitrogens with one attached hydrogen (secondary N) is 1. The van der Waals surface area contributed by atoms with Crippen LogP contribution >= 0.6 is 0 Å². The second-order valence-corrected chi connectivity index (χ2v) is 4.72. The lowest BCUT2D eigenvalue weighted by molar-refractivity contribution is -0.140. The Balaban J connectivity index is 2.21. The Hall–Kier alpha value is -1.36. The minimum Gasteiger partial charge on any atom is -0.481 e. The van der Waals surface area contributed by atoms with Gasteiger partial charge in [0, 0.05) is 13.0 Å². The number of carbonyl (C=O) groups excluding carboxylic acids is 1. The molecule has 1 fully saturated rings. The Morgan fingerprint density at radius 2 is 2.17 bits per heavy atom. The van der Waals surface area contributed by atoms with Crippen LogP contribution in [0.4, 0.5) is 0 Å². The van der Waals surface area contributed by atoms with Crippen molar-refractivity contribution in [2.24, 2.45) is 0 Å². The molecule has 1 aliphatic carbocycles. The topological polar surface area (TPSA) is 75.6 Å². The zero-order valence-electron chi connectivity index (χ0n) is 10.6. The molecule has 1 aliphatic rings. The number of carbonyl (C=O) groups is 2. The van der Waals surface area contributed by atoms with E-state index in [0.717, 1.165) is 19.3 Å². The molecule has 0 atom stereocenters. The van der Waals surface area contributed by atoms with E-state index in [-0.39, 0.29) is 12.3 Å². The van der Waals surface area contributed by atoms with E-state index >= 15 is 0 Å². The molecule has 0 aliphatic heterocycles. The number of aliphatic carboxylic acids is 1. The summed E-state index contributed by atoms with van der Waals surface area (Å²) in [4.78, 5) is 22.4. The van der Waals surface area contributed by atoms with Crippen LogP contribution in [0, 0.1) is 0 Å². The summed E-state index contributed by atoms with van der Waals surface area (Å²) in [5.74, 6) is -0.942. The van der Waals surface area contributed by atoms with Crippen LogP contribution in [-0.4, -0.2) is 35.7 Å². The molecule has 0 spiro atoms. The summed E-state index contributed by atoms with van der Waals surface area (Å²) in [5, 5.41) is 11.7. The minimum absolute atomic E-state index is 0.0195. The van der Waals surface area contributed by atoms with Gasteiger partial charge in [0.15, 0.2) is 0 Å². The molecule has 5 nitrogen and oxygen atoms in total. The Morgan fingerprint density at radius 1 is 1.44 bits per heavy atom. The molecule has 0 aromatic carbocycles. The number of ether oxygens (including phenoxy) is 1. The van der Waals surface area contributed by atoms with Crippen molar-refractivity contribution in [2.75, 3.05) is 13.2 Å². The molecule has 1 saturated carbocycles. The van der Waals surface area contributed by atoms with Gasteiger partial charge in [-0.3, -0.25) is 9.59 Å². The summed E-state index contributed by atoms with van der Waals surface area (Å²) < 4.78 is 5.18. The van der Waals surface area contributed by atoms with Crippen molar-refractivity contribution in [3.8, 4) is 0 Å². The maximum atomic E-state index is 11.7. The van der Waals surface area contributed by atoms with Crippen molar-refractivity contribution < 1.29 is 19.4 Å². The third-order valence-corrected chi connectivity index (χ3v) is 3.13. The van der Waals surface area contributed by atoms with Gasteiger partial charge in [-0.25, -0.2) is 0 Å². The van der Waals surface area contributed by atoms with Gasteiger partial charge in [-0.05, 0) is 25.7 Å². The van der Waals surface area contributed by atoms with Crippen LogP contribution in [0.1, 0.15) is 38.5 Å². The first kappa shape index (κ1) is 14.7. The lowest BCUT2D eigenvalue weighted by atomic mass is 9.74. The molecule has 0 saturated heterocycles. The Bertz CT molecular complexity index is 310. The zero-order valence-corrected chi connectivity index (χ0v) is 10.6. The van der Waals surface area contributed by atoms with Gasteiger partial charge < -0.3 is 15.2 Å². The quantitative estimate of drug-likeness (QED) is 0.483. The van der Waals surface area contributed by atoms with Crippen LogP contribution in [0.5, 0.6) is 0 Å². The van der Waals surface area contributed by atoms with E-state index in [1.54, 1.807) is 6.08 Å². The van der Waals surface area contributed by atoms with Crippen LogP contribution in [0.15, 0.2) is 12.7 Å². The van der Waals surface area contributed by atoms with Crippen LogP contribution in [0.2, 0.25) is 0 Å². The van der Waals surface area contributed by atoms with Gasteiger partial charge in [-0.1, -0.05) is 6.08 Å². The van der Waals surface area contributed by atoms with Crippen LogP contribution in [0.3, 0.4) is 0 Å². The highest BCUT2D eigenvalue weighted by molar-refractivity contribution is 5.78. The summed E-state index contributed by atoms with van der Waals surface area (Å²) in [5.41, 5.74) is -0.495. The van der Waals surface area contributed by atoms with Crippen molar-refractivity contribution in [3.63, 3.8) is 0 Å². The lowest BCUT2D eigenvalue weighted by Gasteiger charge is -2.41. The summed E-state index contributed by atoms with van der Waals surface area (Å²) in [6.45, 7) is 4.54. The van der Waals surface area contributed by atoms with Crippen molar-refractivity contribution in [2.45, 2.75) is 44.1 Å². The molecule has 0 heterocycles. The van der Waals surface area contributed by atoms with Crippen LogP contribution in [-0.2, 0) is 14.3 Å². The van der Waals surface area contributed by atoms with Crippen LogP contribution in [0.25, 0.3) is 0 Å². The van der Waals surface area contributed by atoms with E-state index in [1.807, 2.05) is 0 Å². The maximum absolute atomic E-state index is 11.7. The standard InChI is InChI=1S/C13H21NO4/c1-2-8-18-9-3-5-11(15)14-13(6-4-7-13)10-12(16)17/h2H,1,3-10H2,(H,14,15)(H,16,17). The van der Waals surface area contributed by atoms with E-state index in [2.05, 4.69) is 11.9 Å². The molecule has 0 aromatic heterocycles. The highest BCUT2D eigenvalue weighted by atomic mass is 16.5. The van der Waals surface area contributed by atoms with Gasteiger partial charge in [0.1, 0.15) is 0 Å². The third-order valence-electron chi connectivity index (χ3n) is 3.13. The van der Waals surface area contributed by atoms with Gasteiger partial charge in [0.25, 0.3) is 0 Å². The number of hydrogen-bond acceptors (Lipinski definition) is 3. The molecule has 5 heteroatoms. The molecule has 2 N–H and O–H groups in total. The predicted octanol–water partition coefficient (Wildman–Crippen LogP) is 1.48. The molecule has 0 bridgehead atoms. The average molecular weight is 255 g/mol. The molecule has 0 aromatic rings. The highest BCUT2D eigenvalue weighted by Crippen LogP contribution is 2.34. The molecule has 0 unspecified atom stereocenters. The first-order valence-electron chi connectivity index (χ1n) is 6.29. The minimum atomic E-state index is -0.857. The molecular weight excluding hydrogens is 234 g/mol. The van der Waals surface area contributed by atoms with Gasteiger partial charge in [-0.15, -0.1) is 6.58 Å². The number of hydrogen-bond donors (Lipinski definition) is 2. The van der Waals surface area contributed by atoms with Crippen molar-refractivity contribution in [1.82, 2.24) is 5.32 Å². The molecule has 0 radical (unpaired) electrons.